The van der Waals surface area contributed by atoms with Crippen molar-refractivity contribution >= 4 is 41.3 Å². The first-order valence-electron chi connectivity index (χ1n) is 9.53. The van der Waals surface area contributed by atoms with Gasteiger partial charge in [0, 0.05) is 38.8 Å². The number of guanidine groups is 1. The zero-order chi connectivity index (χ0) is 17.2. The van der Waals surface area contributed by atoms with E-state index in [4.69, 9.17) is 4.99 Å². The lowest BCUT2D eigenvalue weighted by Gasteiger charge is -2.33. The third-order valence-electron chi connectivity index (χ3n) is 4.92. The fraction of sp³-hybridized carbons (Fsp3) is 0.737. The first-order valence-corrected chi connectivity index (χ1v) is 10.5. The van der Waals surface area contributed by atoms with Crippen molar-refractivity contribution < 1.29 is 0 Å². The summed E-state index contributed by atoms with van der Waals surface area (Å²) in [6, 6.07) is 2.78. The summed E-state index contributed by atoms with van der Waals surface area (Å²) in [7, 11) is 0. The van der Waals surface area contributed by atoms with Gasteiger partial charge in [-0.15, -0.1) is 24.0 Å². The smallest absolute Gasteiger partial charge is 0.191 e. The summed E-state index contributed by atoms with van der Waals surface area (Å²) in [5.74, 6) is 1.70. The standard InChI is InChI=1S/C19H34N4S.HI/c1-4-16(5-2)13-21-19(20-6-3)22-18-7-10-23(11-8-18)14-17-9-12-24-15-17;/h9,12,15-16,18H,4-8,10-11,13-14H2,1-3H3,(H2,20,21,22);1H. The molecule has 25 heavy (non-hydrogen) atoms. The summed E-state index contributed by atoms with van der Waals surface area (Å²) >= 11 is 1.79. The van der Waals surface area contributed by atoms with Crippen LogP contribution in [0.3, 0.4) is 0 Å². The molecular formula is C19H35IN4S. The third kappa shape index (κ3) is 8.26. The van der Waals surface area contributed by atoms with E-state index in [0.717, 1.165) is 25.6 Å². The molecule has 4 nitrogen and oxygen atoms in total. The molecule has 1 aliphatic rings. The second-order valence-corrected chi connectivity index (χ2v) is 7.51. The normalized spacial score (nSPS) is 16.7. The van der Waals surface area contributed by atoms with Crippen LogP contribution in [-0.2, 0) is 6.54 Å². The molecule has 0 aromatic carbocycles. The van der Waals surface area contributed by atoms with Crippen LogP contribution in [0.2, 0.25) is 0 Å². The molecular weight excluding hydrogens is 443 g/mol. The Morgan fingerprint density at radius 1 is 1.28 bits per heavy atom. The molecule has 0 spiro atoms. The van der Waals surface area contributed by atoms with E-state index < -0.39 is 0 Å². The molecule has 0 aliphatic carbocycles. The summed E-state index contributed by atoms with van der Waals surface area (Å²) in [4.78, 5) is 7.38. The van der Waals surface area contributed by atoms with Crippen LogP contribution in [0.5, 0.6) is 0 Å². The van der Waals surface area contributed by atoms with E-state index in [1.807, 2.05) is 0 Å². The molecule has 2 heterocycles. The first kappa shape index (κ1) is 22.7. The Morgan fingerprint density at radius 2 is 2.00 bits per heavy atom. The maximum absolute atomic E-state index is 4.81. The van der Waals surface area contributed by atoms with Gasteiger partial charge in [0.15, 0.2) is 5.96 Å². The van der Waals surface area contributed by atoms with Gasteiger partial charge in [-0.1, -0.05) is 26.7 Å². The van der Waals surface area contributed by atoms with E-state index >= 15 is 0 Å². The van der Waals surface area contributed by atoms with Gasteiger partial charge in [0.1, 0.15) is 0 Å². The van der Waals surface area contributed by atoms with Gasteiger partial charge in [-0.05, 0) is 48.1 Å². The van der Waals surface area contributed by atoms with Gasteiger partial charge < -0.3 is 10.6 Å². The summed E-state index contributed by atoms with van der Waals surface area (Å²) in [6.45, 7) is 11.9. The molecule has 144 valence electrons. The lowest BCUT2D eigenvalue weighted by molar-refractivity contribution is 0.198. The second-order valence-electron chi connectivity index (χ2n) is 6.73. The van der Waals surface area contributed by atoms with Gasteiger partial charge in [-0.3, -0.25) is 9.89 Å². The van der Waals surface area contributed by atoms with Crippen LogP contribution in [0.15, 0.2) is 21.8 Å². The van der Waals surface area contributed by atoms with E-state index in [0.29, 0.717) is 12.0 Å². The molecule has 0 saturated carbocycles. The topological polar surface area (TPSA) is 39.7 Å². The predicted molar refractivity (Wildman–Crippen MR) is 121 cm³/mol. The number of likely N-dealkylation sites (tertiary alicyclic amines) is 1. The maximum Gasteiger partial charge on any atom is 0.191 e. The fourth-order valence-electron chi connectivity index (χ4n) is 3.16. The summed E-state index contributed by atoms with van der Waals surface area (Å²) in [5.41, 5.74) is 1.45. The van der Waals surface area contributed by atoms with E-state index in [9.17, 15) is 0 Å². The van der Waals surface area contributed by atoms with E-state index in [1.54, 1.807) is 11.3 Å². The molecule has 2 N–H and O–H groups in total. The number of halogens is 1. The van der Waals surface area contributed by atoms with Crippen molar-refractivity contribution in [3.8, 4) is 0 Å². The number of nitrogens with one attached hydrogen (secondary N) is 2. The molecule has 0 radical (unpaired) electrons. The summed E-state index contributed by atoms with van der Waals surface area (Å²) in [5, 5.41) is 11.5. The Hall–Kier alpha value is -0.340. The van der Waals surface area contributed by atoms with Crippen LogP contribution in [0, 0.1) is 5.92 Å². The van der Waals surface area contributed by atoms with Gasteiger partial charge >= 0.3 is 0 Å². The van der Waals surface area contributed by atoms with Crippen molar-refractivity contribution in [2.45, 2.75) is 59.0 Å². The molecule has 0 unspecified atom stereocenters. The Kier molecular flexibility index (Phi) is 11.7. The molecule has 0 amide bonds. The zero-order valence-electron chi connectivity index (χ0n) is 16.0. The Morgan fingerprint density at radius 3 is 2.56 bits per heavy atom. The van der Waals surface area contributed by atoms with Crippen LogP contribution in [0.25, 0.3) is 0 Å². The van der Waals surface area contributed by atoms with Crippen molar-refractivity contribution in [1.29, 1.82) is 0 Å². The van der Waals surface area contributed by atoms with Crippen molar-refractivity contribution in [1.82, 2.24) is 15.5 Å². The Balaban J connectivity index is 0.00000312. The van der Waals surface area contributed by atoms with Gasteiger partial charge in [0.05, 0.1) is 0 Å². The average molecular weight is 478 g/mol. The van der Waals surface area contributed by atoms with Crippen LogP contribution in [-0.4, -0.2) is 43.1 Å². The molecule has 1 aromatic heterocycles. The number of thiophene rings is 1. The summed E-state index contributed by atoms with van der Waals surface area (Å²) in [6.07, 6.45) is 4.81. The highest BCUT2D eigenvalue weighted by Gasteiger charge is 2.20. The number of piperidine rings is 1. The molecule has 2 rings (SSSR count). The molecule has 0 bridgehead atoms. The fourth-order valence-corrected chi connectivity index (χ4v) is 3.82. The van der Waals surface area contributed by atoms with Crippen molar-refractivity contribution in [2.24, 2.45) is 10.9 Å². The van der Waals surface area contributed by atoms with E-state index in [2.05, 4.69) is 53.1 Å². The third-order valence-corrected chi connectivity index (χ3v) is 5.65. The number of nitrogens with zero attached hydrogens (tertiary/aromatic N) is 2. The van der Waals surface area contributed by atoms with Crippen LogP contribution >= 0.6 is 35.3 Å². The Bertz CT molecular complexity index is 466. The van der Waals surface area contributed by atoms with Gasteiger partial charge in [-0.2, -0.15) is 11.3 Å². The lowest BCUT2D eigenvalue weighted by Crippen LogP contribution is -2.48. The van der Waals surface area contributed by atoms with E-state index in [1.165, 1.54) is 44.3 Å². The van der Waals surface area contributed by atoms with Gasteiger partial charge in [0.25, 0.3) is 0 Å². The number of hydrogen-bond donors (Lipinski definition) is 2. The van der Waals surface area contributed by atoms with E-state index in [-0.39, 0.29) is 24.0 Å². The average Bonchev–Trinajstić information content (AvgIpc) is 3.10. The quantitative estimate of drug-likeness (QED) is 0.332. The molecule has 1 aliphatic heterocycles. The highest BCUT2D eigenvalue weighted by molar-refractivity contribution is 14.0. The predicted octanol–water partition coefficient (Wildman–Crippen LogP) is 4.32. The molecule has 6 heteroatoms. The maximum atomic E-state index is 4.81. The number of aliphatic imine (C=N–C) groups is 1. The SMILES string of the molecule is CCNC(=NCC(CC)CC)NC1CCN(Cc2ccsc2)CC1.I. The molecule has 1 saturated heterocycles. The van der Waals surface area contributed by atoms with Crippen molar-refractivity contribution in [3.05, 3.63) is 22.4 Å². The second kappa shape index (κ2) is 12.9. The van der Waals surface area contributed by atoms with Crippen LogP contribution in [0.1, 0.15) is 52.0 Å². The monoisotopic (exact) mass is 478 g/mol. The lowest BCUT2D eigenvalue weighted by atomic mass is 10.0. The first-order chi connectivity index (χ1) is 11.7. The number of rotatable bonds is 8. The van der Waals surface area contributed by atoms with Crippen molar-refractivity contribution in [3.63, 3.8) is 0 Å². The highest BCUT2D eigenvalue weighted by atomic mass is 127. The molecule has 0 atom stereocenters. The Labute approximate surface area is 174 Å². The molecule has 1 aromatic rings. The zero-order valence-corrected chi connectivity index (χ0v) is 19.1. The summed E-state index contributed by atoms with van der Waals surface area (Å²) < 4.78 is 0. The van der Waals surface area contributed by atoms with Gasteiger partial charge in [-0.25, -0.2) is 0 Å². The largest absolute Gasteiger partial charge is 0.357 e. The number of hydrogen-bond acceptors (Lipinski definition) is 3. The van der Waals surface area contributed by atoms with Crippen molar-refractivity contribution in [2.75, 3.05) is 26.2 Å². The minimum Gasteiger partial charge on any atom is -0.357 e. The van der Waals surface area contributed by atoms with Crippen LogP contribution < -0.4 is 10.6 Å². The molecule has 1 fully saturated rings. The van der Waals surface area contributed by atoms with Crippen LogP contribution in [0.4, 0.5) is 0 Å². The van der Waals surface area contributed by atoms with Gasteiger partial charge in [0.2, 0.25) is 0 Å². The highest BCUT2D eigenvalue weighted by Crippen LogP contribution is 2.15. The minimum atomic E-state index is 0. The minimum absolute atomic E-state index is 0.